The SMILES string of the molecule is CCc1cnc(NCc2cc(Oc3ccc(CCNS(C)(=O)=O)cc3)nc(NCc3ccc(OC)cc3)n2)nc1. The maximum Gasteiger partial charge on any atom is 0.226 e. The zero-order chi connectivity index (χ0) is 28.4. The van der Waals surface area contributed by atoms with E-state index in [2.05, 4.69) is 42.2 Å². The molecule has 0 saturated heterocycles. The van der Waals surface area contributed by atoms with E-state index in [9.17, 15) is 8.42 Å². The van der Waals surface area contributed by atoms with Crippen LogP contribution in [0.15, 0.2) is 67.0 Å². The Balaban J connectivity index is 1.46. The second-order valence-electron chi connectivity index (χ2n) is 9.01. The Kier molecular flexibility index (Phi) is 9.81. The molecule has 11 nitrogen and oxygen atoms in total. The highest BCUT2D eigenvalue weighted by Gasteiger charge is 2.09. The number of sulfonamides is 1. The molecule has 210 valence electrons. The summed E-state index contributed by atoms with van der Waals surface area (Å²) in [5, 5.41) is 6.46. The van der Waals surface area contributed by atoms with Crippen LogP contribution in [0.25, 0.3) is 0 Å². The molecule has 0 unspecified atom stereocenters. The maximum atomic E-state index is 11.3. The van der Waals surface area contributed by atoms with Crippen molar-refractivity contribution in [2.75, 3.05) is 30.5 Å². The van der Waals surface area contributed by atoms with Crippen LogP contribution in [0.4, 0.5) is 11.9 Å². The molecular weight excluding hydrogens is 530 g/mol. The highest BCUT2D eigenvalue weighted by molar-refractivity contribution is 7.88. The number of ether oxygens (including phenoxy) is 2. The summed E-state index contributed by atoms with van der Waals surface area (Å²) in [7, 11) is -1.58. The molecule has 0 saturated carbocycles. The van der Waals surface area contributed by atoms with Crippen molar-refractivity contribution < 1.29 is 17.9 Å². The van der Waals surface area contributed by atoms with Gasteiger partial charge in [-0.05, 0) is 53.8 Å². The summed E-state index contributed by atoms with van der Waals surface area (Å²) in [5.74, 6) is 2.67. The van der Waals surface area contributed by atoms with E-state index in [1.807, 2.05) is 48.5 Å². The van der Waals surface area contributed by atoms with E-state index >= 15 is 0 Å². The molecule has 2 heterocycles. The molecule has 12 heteroatoms. The Morgan fingerprint density at radius 1 is 0.800 bits per heavy atom. The number of nitrogens with one attached hydrogen (secondary N) is 3. The molecule has 0 spiro atoms. The van der Waals surface area contributed by atoms with Crippen molar-refractivity contribution in [1.82, 2.24) is 24.7 Å². The molecule has 0 aliphatic rings. The largest absolute Gasteiger partial charge is 0.497 e. The minimum atomic E-state index is -3.22. The number of hydrogen-bond donors (Lipinski definition) is 3. The molecule has 2 aromatic carbocycles. The topological polar surface area (TPSA) is 140 Å². The zero-order valence-corrected chi connectivity index (χ0v) is 23.5. The van der Waals surface area contributed by atoms with Gasteiger partial charge in [0, 0.05) is 31.5 Å². The minimum absolute atomic E-state index is 0.329. The van der Waals surface area contributed by atoms with Crippen LogP contribution in [0.2, 0.25) is 0 Å². The number of anilines is 2. The predicted molar refractivity (Wildman–Crippen MR) is 154 cm³/mol. The summed E-state index contributed by atoms with van der Waals surface area (Å²) >= 11 is 0. The van der Waals surface area contributed by atoms with Crippen LogP contribution >= 0.6 is 0 Å². The van der Waals surface area contributed by atoms with Crippen LogP contribution in [0.5, 0.6) is 17.4 Å². The predicted octanol–water partition coefficient (Wildman–Crippen LogP) is 3.95. The Morgan fingerprint density at radius 2 is 1.45 bits per heavy atom. The number of methoxy groups -OCH3 is 1. The Morgan fingerprint density at radius 3 is 2.10 bits per heavy atom. The van der Waals surface area contributed by atoms with Gasteiger partial charge in [-0.15, -0.1) is 0 Å². The van der Waals surface area contributed by atoms with Crippen molar-refractivity contribution >= 4 is 21.9 Å². The third-order valence-corrected chi connectivity index (χ3v) is 6.56. The van der Waals surface area contributed by atoms with Gasteiger partial charge in [0.05, 0.1) is 25.6 Å². The van der Waals surface area contributed by atoms with Crippen molar-refractivity contribution in [1.29, 1.82) is 0 Å². The molecule has 3 N–H and O–H groups in total. The molecule has 0 aliphatic carbocycles. The summed E-state index contributed by atoms with van der Waals surface area (Å²) in [6.07, 6.45) is 6.18. The van der Waals surface area contributed by atoms with E-state index in [4.69, 9.17) is 9.47 Å². The Hall–Kier alpha value is -4.29. The summed E-state index contributed by atoms with van der Waals surface area (Å²) < 4.78 is 36.3. The molecule has 0 bridgehead atoms. The number of aromatic nitrogens is 4. The lowest BCUT2D eigenvalue weighted by molar-refractivity contribution is 0.414. The van der Waals surface area contributed by atoms with E-state index in [1.54, 1.807) is 25.6 Å². The average molecular weight is 564 g/mol. The van der Waals surface area contributed by atoms with E-state index in [1.165, 1.54) is 0 Å². The first kappa shape index (κ1) is 28.7. The molecular formula is C28H33N7O4S. The van der Waals surface area contributed by atoms with E-state index < -0.39 is 10.0 Å². The van der Waals surface area contributed by atoms with Gasteiger partial charge in [0.15, 0.2) is 0 Å². The van der Waals surface area contributed by atoms with Crippen LogP contribution < -0.4 is 24.8 Å². The van der Waals surface area contributed by atoms with E-state index in [0.717, 1.165) is 35.1 Å². The van der Waals surface area contributed by atoms with Gasteiger partial charge >= 0.3 is 0 Å². The summed E-state index contributed by atoms with van der Waals surface area (Å²) in [6.45, 7) is 3.26. The van der Waals surface area contributed by atoms with Crippen molar-refractivity contribution in [3.63, 3.8) is 0 Å². The monoisotopic (exact) mass is 563 g/mol. The number of nitrogens with zero attached hydrogens (tertiary/aromatic N) is 4. The molecule has 0 atom stereocenters. The van der Waals surface area contributed by atoms with Crippen LogP contribution in [0.3, 0.4) is 0 Å². The maximum absolute atomic E-state index is 11.3. The molecule has 2 aromatic heterocycles. The first-order valence-corrected chi connectivity index (χ1v) is 14.7. The molecule has 0 amide bonds. The van der Waals surface area contributed by atoms with Gasteiger partial charge in [-0.3, -0.25) is 0 Å². The van der Waals surface area contributed by atoms with Gasteiger partial charge in [0.1, 0.15) is 11.5 Å². The number of benzene rings is 2. The molecule has 40 heavy (non-hydrogen) atoms. The molecule has 0 aliphatic heterocycles. The smallest absolute Gasteiger partial charge is 0.226 e. The molecule has 0 fully saturated rings. The highest BCUT2D eigenvalue weighted by Crippen LogP contribution is 2.23. The molecule has 4 aromatic rings. The molecule has 0 radical (unpaired) electrons. The summed E-state index contributed by atoms with van der Waals surface area (Å²) in [5.41, 5.74) is 3.77. The van der Waals surface area contributed by atoms with E-state index in [0.29, 0.717) is 55.3 Å². The van der Waals surface area contributed by atoms with Crippen molar-refractivity contribution in [3.05, 3.63) is 89.4 Å². The molecule has 4 rings (SSSR count). The lowest BCUT2D eigenvalue weighted by Crippen LogP contribution is -2.24. The van der Waals surface area contributed by atoms with Gasteiger partial charge in [0.25, 0.3) is 0 Å². The van der Waals surface area contributed by atoms with Crippen LogP contribution in [-0.2, 0) is 36.0 Å². The fourth-order valence-electron chi connectivity index (χ4n) is 3.64. The number of aryl methyl sites for hydroxylation is 1. The van der Waals surface area contributed by atoms with E-state index in [-0.39, 0.29) is 0 Å². The zero-order valence-electron chi connectivity index (χ0n) is 22.7. The highest BCUT2D eigenvalue weighted by atomic mass is 32.2. The van der Waals surface area contributed by atoms with Gasteiger partial charge in [-0.2, -0.15) is 4.98 Å². The second-order valence-corrected chi connectivity index (χ2v) is 10.8. The average Bonchev–Trinajstić information content (AvgIpc) is 2.96. The quantitative estimate of drug-likeness (QED) is 0.207. The number of hydrogen-bond acceptors (Lipinski definition) is 10. The van der Waals surface area contributed by atoms with Crippen LogP contribution in [0.1, 0.15) is 29.3 Å². The fourth-order valence-corrected chi connectivity index (χ4v) is 4.12. The standard InChI is InChI=1S/C28H33N7O4S/c1-4-20-16-29-27(30-17-20)32-19-23-15-26(35-28(34-23)31-18-22-7-9-24(38-2)10-8-22)39-25-11-5-21(6-12-25)13-14-33-40(3,36)37/h5-12,15-17,33H,4,13-14,18-19H2,1-3H3,(H,29,30,32)(H,31,34,35). The minimum Gasteiger partial charge on any atom is -0.497 e. The van der Waals surface area contributed by atoms with Crippen molar-refractivity contribution in [3.8, 4) is 17.4 Å². The third-order valence-electron chi connectivity index (χ3n) is 5.83. The van der Waals surface area contributed by atoms with Crippen molar-refractivity contribution in [2.24, 2.45) is 0 Å². The lowest BCUT2D eigenvalue weighted by Gasteiger charge is -2.12. The van der Waals surface area contributed by atoms with Gasteiger partial charge < -0.3 is 20.1 Å². The first-order chi connectivity index (χ1) is 19.3. The van der Waals surface area contributed by atoms with Crippen molar-refractivity contribution in [2.45, 2.75) is 32.9 Å². The summed E-state index contributed by atoms with van der Waals surface area (Å²) in [4.78, 5) is 17.9. The van der Waals surface area contributed by atoms with Gasteiger partial charge in [0.2, 0.25) is 27.8 Å². The van der Waals surface area contributed by atoms with Gasteiger partial charge in [-0.25, -0.2) is 28.1 Å². The van der Waals surface area contributed by atoms with Gasteiger partial charge in [-0.1, -0.05) is 31.2 Å². The lowest BCUT2D eigenvalue weighted by atomic mass is 10.1. The van der Waals surface area contributed by atoms with Crippen LogP contribution in [-0.4, -0.2) is 48.3 Å². The Bertz CT molecular complexity index is 1410. The first-order valence-electron chi connectivity index (χ1n) is 12.8. The summed E-state index contributed by atoms with van der Waals surface area (Å²) in [6, 6.07) is 16.9. The fraction of sp³-hybridized carbons (Fsp3) is 0.286. The van der Waals surface area contributed by atoms with Crippen LogP contribution in [0, 0.1) is 0 Å². The Labute approximate surface area is 234 Å². The normalized spacial score (nSPS) is 11.2. The third kappa shape index (κ3) is 9.17. The second kappa shape index (κ2) is 13.7. The number of rotatable bonds is 14.